The molecule has 1 aromatic carbocycles. The van der Waals surface area contributed by atoms with Crippen molar-refractivity contribution in [2.24, 2.45) is 5.73 Å². The Morgan fingerprint density at radius 2 is 2.14 bits per heavy atom. The van der Waals surface area contributed by atoms with Crippen LogP contribution >= 0.6 is 0 Å². The van der Waals surface area contributed by atoms with E-state index in [4.69, 9.17) is 10.2 Å². The average Bonchev–Trinajstić information content (AvgIpc) is 2.74. The number of rotatable bonds is 1. The topological polar surface area (TPSA) is 39.2 Å². The Morgan fingerprint density at radius 1 is 1.36 bits per heavy atom. The fourth-order valence-electron chi connectivity index (χ4n) is 1.82. The number of nitrogens with two attached hydrogens (primary N) is 1. The van der Waals surface area contributed by atoms with Crippen LogP contribution in [0.15, 0.2) is 28.9 Å². The molecule has 0 bridgehead atoms. The van der Waals surface area contributed by atoms with Gasteiger partial charge in [0.1, 0.15) is 11.4 Å². The Bertz CT molecular complexity index is 499. The number of benzene rings is 1. The van der Waals surface area contributed by atoms with Crippen LogP contribution in [0.4, 0.5) is 4.39 Å². The van der Waals surface area contributed by atoms with E-state index in [0.717, 1.165) is 29.4 Å². The highest BCUT2D eigenvalue weighted by atomic mass is 19.1. The molecule has 0 saturated heterocycles. The standard InChI is InChI=1S/C11H10FNO/c12-8-5-7-1-4-14-10(7)9(6-8)11(13)2-3-11/h1,4-6H,2-3,13H2. The fourth-order valence-corrected chi connectivity index (χ4v) is 1.82. The third kappa shape index (κ3) is 0.990. The predicted octanol–water partition coefficient (Wildman–Crippen LogP) is 2.52. The largest absolute Gasteiger partial charge is 0.464 e. The molecule has 2 nitrogen and oxygen atoms in total. The van der Waals surface area contributed by atoms with E-state index in [2.05, 4.69) is 0 Å². The van der Waals surface area contributed by atoms with Crippen molar-refractivity contribution in [1.29, 1.82) is 0 Å². The highest BCUT2D eigenvalue weighted by Gasteiger charge is 2.42. The van der Waals surface area contributed by atoms with E-state index in [9.17, 15) is 4.39 Å². The molecule has 1 aliphatic rings. The first-order valence-electron chi connectivity index (χ1n) is 4.65. The van der Waals surface area contributed by atoms with Crippen molar-refractivity contribution in [3.63, 3.8) is 0 Å². The van der Waals surface area contributed by atoms with Crippen molar-refractivity contribution in [2.75, 3.05) is 0 Å². The maximum Gasteiger partial charge on any atom is 0.139 e. The molecule has 0 atom stereocenters. The molecule has 1 saturated carbocycles. The van der Waals surface area contributed by atoms with Gasteiger partial charge in [0.15, 0.2) is 0 Å². The second-order valence-corrected chi connectivity index (χ2v) is 3.95. The Kier molecular flexibility index (Phi) is 1.35. The van der Waals surface area contributed by atoms with Gasteiger partial charge in [-0.1, -0.05) is 0 Å². The minimum Gasteiger partial charge on any atom is -0.464 e. The van der Waals surface area contributed by atoms with Gasteiger partial charge in [0.25, 0.3) is 0 Å². The highest BCUT2D eigenvalue weighted by molar-refractivity contribution is 5.81. The molecular formula is C11H10FNO. The summed E-state index contributed by atoms with van der Waals surface area (Å²) in [4.78, 5) is 0. The zero-order valence-electron chi connectivity index (χ0n) is 7.59. The summed E-state index contributed by atoms with van der Waals surface area (Å²) in [5, 5.41) is 0.789. The summed E-state index contributed by atoms with van der Waals surface area (Å²) >= 11 is 0. The minimum atomic E-state index is -0.349. The van der Waals surface area contributed by atoms with Crippen LogP contribution in [0.3, 0.4) is 0 Å². The van der Waals surface area contributed by atoms with E-state index < -0.39 is 0 Å². The SMILES string of the molecule is NC1(c2cc(F)cc3ccoc23)CC1. The maximum absolute atomic E-state index is 13.2. The average molecular weight is 191 g/mol. The number of halogens is 1. The van der Waals surface area contributed by atoms with E-state index in [1.54, 1.807) is 12.3 Å². The van der Waals surface area contributed by atoms with E-state index in [0.29, 0.717) is 0 Å². The predicted molar refractivity (Wildman–Crippen MR) is 51.3 cm³/mol. The monoisotopic (exact) mass is 191 g/mol. The molecule has 0 spiro atoms. The molecule has 1 aromatic heterocycles. The molecule has 0 unspecified atom stereocenters. The smallest absolute Gasteiger partial charge is 0.139 e. The number of furan rings is 1. The Balaban J connectivity index is 2.35. The highest BCUT2D eigenvalue weighted by Crippen LogP contribution is 2.45. The van der Waals surface area contributed by atoms with Crippen LogP contribution in [-0.2, 0) is 5.54 Å². The van der Waals surface area contributed by atoms with Crippen LogP contribution in [0, 0.1) is 5.82 Å². The second kappa shape index (κ2) is 2.36. The summed E-state index contributed by atoms with van der Waals surface area (Å²) in [6, 6.07) is 4.71. The molecule has 2 N–H and O–H groups in total. The van der Waals surface area contributed by atoms with Crippen molar-refractivity contribution in [3.8, 4) is 0 Å². The van der Waals surface area contributed by atoms with Gasteiger partial charge in [-0.05, 0) is 31.0 Å². The van der Waals surface area contributed by atoms with Crippen LogP contribution in [0.25, 0.3) is 11.0 Å². The van der Waals surface area contributed by atoms with Gasteiger partial charge in [-0.3, -0.25) is 0 Å². The van der Waals surface area contributed by atoms with Crippen LogP contribution in [0.5, 0.6) is 0 Å². The first kappa shape index (κ1) is 8.00. The minimum absolute atomic E-state index is 0.245. The summed E-state index contributed by atoms with van der Waals surface area (Å²) < 4.78 is 18.6. The van der Waals surface area contributed by atoms with Gasteiger partial charge >= 0.3 is 0 Å². The lowest BCUT2D eigenvalue weighted by atomic mass is 10.0. The molecule has 1 heterocycles. The third-order valence-electron chi connectivity index (χ3n) is 2.84. The van der Waals surface area contributed by atoms with E-state index >= 15 is 0 Å². The summed E-state index contributed by atoms with van der Waals surface area (Å²) in [5.41, 5.74) is 7.22. The molecule has 0 amide bonds. The van der Waals surface area contributed by atoms with Crippen molar-refractivity contribution >= 4 is 11.0 Å². The van der Waals surface area contributed by atoms with E-state index in [1.165, 1.54) is 12.1 Å². The molecule has 0 radical (unpaired) electrons. The van der Waals surface area contributed by atoms with Gasteiger partial charge in [-0.15, -0.1) is 0 Å². The lowest BCUT2D eigenvalue weighted by molar-refractivity contribution is 0.589. The Morgan fingerprint density at radius 3 is 2.86 bits per heavy atom. The van der Waals surface area contributed by atoms with Crippen molar-refractivity contribution in [3.05, 3.63) is 35.8 Å². The van der Waals surface area contributed by atoms with Crippen molar-refractivity contribution < 1.29 is 8.81 Å². The molecule has 72 valence electrons. The Hall–Kier alpha value is -1.35. The van der Waals surface area contributed by atoms with E-state index in [1.807, 2.05) is 0 Å². The quantitative estimate of drug-likeness (QED) is 0.752. The molecule has 14 heavy (non-hydrogen) atoms. The summed E-state index contributed by atoms with van der Waals surface area (Å²) in [7, 11) is 0. The molecule has 0 aliphatic heterocycles. The Labute approximate surface area is 80.5 Å². The number of fused-ring (bicyclic) bond motifs is 1. The van der Waals surface area contributed by atoms with Gasteiger partial charge < -0.3 is 10.2 Å². The first-order valence-corrected chi connectivity index (χ1v) is 4.65. The van der Waals surface area contributed by atoms with Crippen molar-refractivity contribution in [1.82, 2.24) is 0 Å². The summed E-state index contributed by atoms with van der Waals surface area (Å²) in [6.07, 6.45) is 3.39. The lowest BCUT2D eigenvalue weighted by Gasteiger charge is -2.09. The molecule has 2 aromatic rings. The summed E-state index contributed by atoms with van der Waals surface area (Å²) in [6.45, 7) is 0. The van der Waals surface area contributed by atoms with E-state index in [-0.39, 0.29) is 11.4 Å². The van der Waals surface area contributed by atoms with Gasteiger partial charge in [0.05, 0.1) is 6.26 Å². The molecule has 3 heteroatoms. The second-order valence-electron chi connectivity index (χ2n) is 3.95. The van der Waals surface area contributed by atoms with Crippen LogP contribution in [0.2, 0.25) is 0 Å². The van der Waals surface area contributed by atoms with Crippen LogP contribution < -0.4 is 5.73 Å². The number of hydrogen-bond acceptors (Lipinski definition) is 2. The lowest BCUT2D eigenvalue weighted by Crippen LogP contribution is -2.19. The van der Waals surface area contributed by atoms with Gasteiger partial charge in [0, 0.05) is 16.5 Å². The molecule has 1 aliphatic carbocycles. The van der Waals surface area contributed by atoms with Gasteiger partial charge in [-0.25, -0.2) is 4.39 Å². The van der Waals surface area contributed by atoms with Gasteiger partial charge in [-0.2, -0.15) is 0 Å². The summed E-state index contributed by atoms with van der Waals surface area (Å²) in [5.74, 6) is -0.245. The molecular weight excluding hydrogens is 181 g/mol. The fraction of sp³-hybridized carbons (Fsp3) is 0.273. The van der Waals surface area contributed by atoms with Crippen LogP contribution in [-0.4, -0.2) is 0 Å². The number of hydrogen-bond donors (Lipinski definition) is 1. The van der Waals surface area contributed by atoms with Crippen LogP contribution in [0.1, 0.15) is 18.4 Å². The van der Waals surface area contributed by atoms with Gasteiger partial charge in [0.2, 0.25) is 0 Å². The zero-order chi connectivity index (χ0) is 9.76. The molecule has 1 fully saturated rings. The third-order valence-corrected chi connectivity index (χ3v) is 2.84. The zero-order valence-corrected chi connectivity index (χ0v) is 7.59. The van der Waals surface area contributed by atoms with Crippen molar-refractivity contribution in [2.45, 2.75) is 18.4 Å². The first-order chi connectivity index (χ1) is 6.69. The molecule has 3 rings (SSSR count). The maximum atomic E-state index is 13.2. The normalized spacial score (nSPS) is 18.7.